The summed E-state index contributed by atoms with van der Waals surface area (Å²) in [6.07, 6.45) is 4.32. The highest BCUT2D eigenvalue weighted by molar-refractivity contribution is 14.0. The number of guanidine groups is 1. The highest BCUT2D eigenvalue weighted by Gasteiger charge is 2.32. The molecule has 0 bridgehead atoms. The number of hydrogen-bond acceptors (Lipinski definition) is 5. The largest absolute Gasteiger partial charge is 0.468 e. The molecule has 29 heavy (non-hydrogen) atoms. The molecule has 0 spiro atoms. The first-order valence-corrected chi connectivity index (χ1v) is 10.8. The fourth-order valence-electron chi connectivity index (χ4n) is 4.12. The SMILES string of the molecule is CCNC(=NCC(c1ccco1)N(CC)CC)N1CCOC(C2CCCO2)C1.I. The summed E-state index contributed by atoms with van der Waals surface area (Å²) in [5.41, 5.74) is 0. The molecule has 3 heterocycles. The van der Waals surface area contributed by atoms with E-state index in [-0.39, 0.29) is 42.2 Å². The van der Waals surface area contributed by atoms with Gasteiger partial charge in [0.2, 0.25) is 0 Å². The summed E-state index contributed by atoms with van der Waals surface area (Å²) in [6.45, 7) is 13.2. The molecule has 2 saturated heterocycles. The van der Waals surface area contributed by atoms with Crippen LogP contribution in [-0.2, 0) is 9.47 Å². The fourth-order valence-corrected chi connectivity index (χ4v) is 4.12. The molecule has 0 saturated carbocycles. The molecule has 0 amide bonds. The molecule has 3 atom stereocenters. The zero-order valence-electron chi connectivity index (χ0n) is 18.0. The normalized spacial score (nSPS) is 23.9. The van der Waals surface area contributed by atoms with E-state index in [4.69, 9.17) is 18.9 Å². The summed E-state index contributed by atoms with van der Waals surface area (Å²) in [7, 11) is 0. The van der Waals surface area contributed by atoms with Gasteiger partial charge in [0.1, 0.15) is 11.9 Å². The standard InChI is InChI=1S/C21H36N4O3.HI/c1-4-22-21(25-11-14-28-20(16-25)19-10-8-13-27-19)23-15-17(24(5-2)6-3)18-9-7-12-26-18;/h7,9,12,17,19-20H,4-6,8,10-11,13-16H2,1-3H3,(H,22,23);1H. The molecule has 1 aromatic rings. The van der Waals surface area contributed by atoms with Crippen molar-refractivity contribution in [2.75, 3.05) is 52.5 Å². The third kappa shape index (κ3) is 6.57. The highest BCUT2D eigenvalue weighted by atomic mass is 127. The van der Waals surface area contributed by atoms with Gasteiger partial charge < -0.3 is 24.1 Å². The van der Waals surface area contributed by atoms with Crippen LogP contribution in [0.3, 0.4) is 0 Å². The maximum Gasteiger partial charge on any atom is 0.194 e. The van der Waals surface area contributed by atoms with Gasteiger partial charge in [0.05, 0.1) is 31.6 Å². The maximum absolute atomic E-state index is 6.01. The van der Waals surface area contributed by atoms with Gasteiger partial charge in [-0.3, -0.25) is 9.89 Å². The van der Waals surface area contributed by atoms with Gasteiger partial charge in [0.15, 0.2) is 5.96 Å². The fraction of sp³-hybridized carbons (Fsp3) is 0.762. The number of morpholine rings is 1. The molecular formula is C21H37IN4O3. The van der Waals surface area contributed by atoms with E-state index in [2.05, 4.69) is 35.9 Å². The first-order valence-electron chi connectivity index (χ1n) is 10.8. The van der Waals surface area contributed by atoms with Crippen LogP contribution in [0.15, 0.2) is 27.8 Å². The van der Waals surface area contributed by atoms with Gasteiger partial charge in [-0.15, -0.1) is 24.0 Å². The zero-order valence-corrected chi connectivity index (χ0v) is 20.3. The number of furan rings is 1. The van der Waals surface area contributed by atoms with Crippen molar-refractivity contribution < 1.29 is 13.9 Å². The number of rotatable bonds is 8. The van der Waals surface area contributed by atoms with Crippen LogP contribution >= 0.6 is 24.0 Å². The number of aliphatic imine (C=N–C) groups is 1. The molecule has 2 aliphatic heterocycles. The number of hydrogen-bond donors (Lipinski definition) is 1. The van der Waals surface area contributed by atoms with Crippen molar-refractivity contribution >= 4 is 29.9 Å². The van der Waals surface area contributed by atoms with E-state index < -0.39 is 0 Å². The van der Waals surface area contributed by atoms with Crippen LogP contribution in [0.2, 0.25) is 0 Å². The lowest BCUT2D eigenvalue weighted by Gasteiger charge is -2.37. The van der Waals surface area contributed by atoms with Crippen molar-refractivity contribution in [3.63, 3.8) is 0 Å². The molecule has 1 N–H and O–H groups in total. The average Bonchev–Trinajstić information content (AvgIpc) is 3.44. The predicted molar refractivity (Wildman–Crippen MR) is 126 cm³/mol. The lowest BCUT2D eigenvalue weighted by Crippen LogP contribution is -2.53. The number of halogens is 1. The first kappa shape index (κ1) is 24.4. The maximum atomic E-state index is 6.01. The molecule has 1 aromatic heterocycles. The van der Waals surface area contributed by atoms with Gasteiger partial charge in [-0.2, -0.15) is 0 Å². The molecule has 7 nitrogen and oxygen atoms in total. The van der Waals surface area contributed by atoms with Crippen molar-refractivity contribution in [1.82, 2.24) is 15.1 Å². The van der Waals surface area contributed by atoms with Crippen LogP contribution < -0.4 is 5.32 Å². The van der Waals surface area contributed by atoms with Crippen molar-refractivity contribution in [1.29, 1.82) is 0 Å². The van der Waals surface area contributed by atoms with Crippen molar-refractivity contribution in [2.24, 2.45) is 4.99 Å². The minimum atomic E-state index is 0. The molecule has 0 aromatic carbocycles. The van der Waals surface area contributed by atoms with E-state index in [1.165, 1.54) is 0 Å². The number of nitrogens with one attached hydrogen (secondary N) is 1. The van der Waals surface area contributed by atoms with E-state index in [0.717, 1.165) is 63.9 Å². The summed E-state index contributed by atoms with van der Waals surface area (Å²) in [6, 6.07) is 4.15. The second-order valence-electron chi connectivity index (χ2n) is 7.35. The van der Waals surface area contributed by atoms with E-state index in [0.29, 0.717) is 13.2 Å². The molecule has 8 heteroatoms. The Morgan fingerprint density at radius 2 is 2.03 bits per heavy atom. The monoisotopic (exact) mass is 520 g/mol. The summed E-state index contributed by atoms with van der Waals surface area (Å²) < 4.78 is 17.6. The molecule has 2 aliphatic rings. The molecule has 3 unspecified atom stereocenters. The Labute approximate surface area is 192 Å². The Hall–Kier alpha value is -0.840. The molecule has 0 aliphatic carbocycles. The third-order valence-corrected chi connectivity index (χ3v) is 5.65. The average molecular weight is 520 g/mol. The van der Waals surface area contributed by atoms with E-state index >= 15 is 0 Å². The van der Waals surface area contributed by atoms with Gasteiger partial charge in [-0.05, 0) is 45.0 Å². The Bertz CT molecular complexity index is 589. The minimum absolute atomic E-state index is 0. The lowest BCUT2D eigenvalue weighted by molar-refractivity contribution is -0.0817. The number of nitrogens with zero attached hydrogens (tertiary/aromatic N) is 3. The number of ether oxygens (including phenoxy) is 2. The van der Waals surface area contributed by atoms with Crippen LogP contribution in [0.4, 0.5) is 0 Å². The smallest absolute Gasteiger partial charge is 0.194 e. The van der Waals surface area contributed by atoms with Crippen LogP contribution in [0.1, 0.15) is 45.4 Å². The van der Waals surface area contributed by atoms with Crippen molar-refractivity contribution in [3.05, 3.63) is 24.2 Å². The Morgan fingerprint density at radius 3 is 2.66 bits per heavy atom. The Kier molecular flexibility index (Phi) is 10.8. The van der Waals surface area contributed by atoms with Crippen molar-refractivity contribution in [3.8, 4) is 0 Å². The van der Waals surface area contributed by atoms with Gasteiger partial charge in [0.25, 0.3) is 0 Å². The van der Waals surface area contributed by atoms with Crippen LogP contribution in [0.5, 0.6) is 0 Å². The van der Waals surface area contributed by atoms with E-state index in [1.807, 2.05) is 12.1 Å². The van der Waals surface area contributed by atoms with Crippen LogP contribution in [0, 0.1) is 0 Å². The highest BCUT2D eigenvalue weighted by Crippen LogP contribution is 2.23. The molecule has 166 valence electrons. The van der Waals surface area contributed by atoms with Crippen molar-refractivity contribution in [2.45, 2.75) is 51.9 Å². The molecule has 0 radical (unpaired) electrons. The predicted octanol–water partition coefficient (Wildman–Crippen LogP) is 3.13. The summed E-state index contributed by atoms with van der Waals surface area (Å²) in [4.78, 5) is 9.71. The minimum Gasteiger partial charge on any atom is -0.468 e. The third-order valence-electron chi connectivity index (χ3n) is 5.65. The summed E-state index contributed by atoms with van der Waals surface area (Å²) in [5, 5.41) is 3.47. The van der Waals surface area contributed by atoms with Gasteiger partial charge in [-0.1, -0.05) is 13.8 Å². The zero-order chi connectivity index (χ0) is 19.8. The molecule has 2 fully saturated rings. The van der Waals surface area contributed by atoms with Crippen LogP contribution in [-0.4, -0.2) is 80.4 Å². The number of likely N-dealkylation sites (N-methyl/N-ethyl adjacent to an activating group) is 1. The Morgan fingerprint density at radius 1 is 1.24 bits per heavy atom. The van der Waals surface area contributed by atoms with E-state index in [1.54, 1.807) is 6.26 Å². The molecule has 3 rings (SSSR count). The summed E-state index contributed by atoms with van der Waals surface area (Å²) >= 11 is 0. The lowest BCUT2D eigenvalue weighted by atomic mass is 10.1. The van der Waals surface area contributed by atoms with Gasteiger partial charge in [-0.25, -0.2) is 0 Å². The molecular weight excluding hydrogens is 483 g/mol. The quantitative estimate of drug-likeness (QED) is 0.323. The van der Waals surface area contributed by atoms with Gasteiger partial charge in [0, 0.05) is 26.2 Å². The first-order chi connectivity index (χ1) is 13.8. The Balaban J connectivity index is 0.00000300. The topological polar surface area (TPSA) is 62.5 Å². The van der Waals surface area contributed by atoms with E-state index in [9.17, 15) is 0 Å². The van der Waals surface area contributed by atoms with Gasteiger partial charge >= 0.3 is 0 Å². The van der Waals surface area contributed by atoms with Crippen LogP contribution in [0.25, 0.3) is 0 Å². The second kappa shape index (κ2) is 12.8. The summed E-state index contributed by atoms with van der Waals surface area (Å²) in [5.74, 6) is 1.93. The second-order valence-corrected chi connectivity index (χ2v) is 7.35.